The van der Waals surface area contributed by atoms with Gasteiger partial charge in [0, 0.05) is 27.4 Å². The molecule has 0 atom stereocenters. The fraction of sp³-hybridized carbons (Fsp3) is 0.214. The van der Waals surface area contributed by atoms with Gasteiger partial charge in [-0.3, -0.25) is 4.79 Å². The van der Waals surface area contributed by atoms with Crippen LogP contribution < -0.4 is 14.8 Å². The first-order chi connectivity index (χ1) is 17.4. The summed E-state index contributed by atoms with van der Waals surface area (Å²) in [6, 6.07) is 17.2. The first-order valence-corrected chi connectivity index (χ1v) is 12.2. The van der Waals surface area contributed by atoms with Crippen LogP contribution in [0, 0.1) is 0 Å². The zero-order valence-electron chi connectivity index (χ0n) is 20.1. The van der Waals surface area contributed by atoms with Crippen LogP contribution >= 0.6 is 23.2 Å². The molecule has 0 heterocycles. The minimum absolute atomic E-state index is 0.178. The van der Waals surface area contributed by atoms with Crippen molar-refractivity contribution < 1.29 is 23.8 Å². The van der Waals surface area contributed by atoms with Crippen LogP contribution in [0.2, 0.25) is 10.0 Å². The van der Waals surface area contributed by atoms with Crippen LogP contribution in [0.15, 0.2) is 66.7 Å². The average molecular weight is 528 g/mol. The summed E-state index contributed by atoms with van der Waals surface area (Å²) in [5, 5.41) is 3.79. The fourth-order valence-electron chi connectivity index (χ4n) is 3.20. The molecule has 6 nitrogen and oxygen atoms in total. The Morgan fingerprint density at radius 3 is 2.44 bits per heavy atom. The van der Waals surface area contributed by atoms with E-state index in [1.165, 1.54) is 13.2 Å². The molecule has 0 aromatic heterocycles. The molecule has 0 spiro atoms. The Hall–Kier alpha value is -3.48. The van der Waals surface area contributed by atoms with E-state index in [0.29, 0.717) is 45.0 Å². The molecule has 3 rings (SSSR count). The number of hydrogen-bond acceptors (Lipinski definition) is 5. The highest BCUT2D eigenvalue weighted by Crippen LogP contribution is 2.31. The van der Waals surface area contributed by atoms with Gasteiger partial charge in [-0.25, -0.2) is 4.79 Å². The van der Waals surface area contributed by atoms with Gasteiger partial charge in [0.15, 0.2) is 11.5 Å². The molecule has 0 radical (unpaired) electrons. The highest BCUT2D eigenvalue weighted by Gasteiger charge is 2.11. The number of ether oxygens (including phenoxy) is 3. The van der Waals surface area contributed by atoms with Gasteiger partial charge in [0.05, 0.1) is 19.3 Å². The minimum atomic E-state index is -0.415. The molecular formula is C28H27Cl2NO5. The number of rotatable bonds is 11. The van der Waals surface area contributed by atoms with Gasteiger partial charge in [0.1, 0.15) is 6.61 Å². The number of esters is 1. The van der Waals surface area contributed by atoms with Crippen molar-refractivity contribution in [2.75, 3.05) is 19.0 Å². The summed E-state index contributed by atoms with van der Waals surface area (Å²) in [4.78, 5) is 24.6. The molecule has 3 aromatic carbocycles. The largest absolute Gasteiger partial charge is 0.493 e. The van der Waals surface area contributed by atoms with Crippen molar-refractivity contribution in [1.82, 2.24) is 0 Å². The van der Waals surface area contributed by atoms with Gasteiger partial charge in [0.25, 0.3) is 0 Å². The molecule has 188 valence electrons. The normalized spacial score (nSPS) is 10.8. The molecule has 0 bridgehead atoms. The number of methoxy groups -OCH3 is 1. The third-order valence-electron chi connectivity index (χ3n) is 5.15. The molecule has 36 heavy (non-hydrogen) atoms. The molecule has 3 aromatic rings. The van der Waals surface area contributed by atoms with Crippen molar-refractivity contribution in [1.29, 1.82) is 0 Å². The lowest BCUT2D eigenvalue weighted by molar-refractivity contribution is -0.111. The van der Waals surface area contributed by atoms with Gasteiger partial charge >= 0.3 is 5.97 Å². The van der Waals surface area contributed by atoms with Gasteiger partial charge in [0.2, 0.25) is 5.91 Å². The van der Waals surface area contributed by atoms with Crippen LogP contribution in [0.1, 0.15) is 41.3 Å². The Bertz CT molecular complexity index is 1220. The topological polar surface area (TPSA) is 73.9 Å². The highest BCUT2D eigenvalue weighted by molar-refractivity contribution is 6.35. The van der Waals surface area contributed by atoms with Crippen molar-refractivity contribution in [2.24, 2.45) is 0 Å². The Labute approximate surface area is 220 Å². The zero-order valence-corrected chi connectivity index (χ0v) is 21.6. The second-order valence-electron chi connectivity index (χ2n) is 7.79. The molecule has 0 aliphatic carbocycles. The van der Waals surface area contributed by atoms with E-state index in [2.05, 4.69) is 5.32 Å². The number of anilines is 1. The number of carbonyl (C=O) groups excluding carboxylic acids is 2. The molecule has 0 fully saturated rings. The van der Waals surface area contributed by atoms with Crippen LogP contribution in [0.5, 0.6) is 11.5 Å². The number of halogens is 2. The lowest BCUT2D eigenvalue weighted by Gasteiger charge is -2.13. The predicted molar refractivity (Wildman–Crippen MR) is 143 cm³/mol. The van der Waals surface area contributed by atoms with Gasteiger partial charge < -0.3 is 19.5 Å². The first kappa shape index (κ1) is 27.1. The second-order valence-corrected chi connectivity index (χ2v) is 8.61. The lowest BCUT2D eigenvalue weighted by Crippen LogP contribution is -2.10. The smallest absolute Gasteiger partial charge is 0.338 e. The quantitative estimate of drug-likeness (QED) is 0.162. The monoisotopic (exact) mass is 527 g/mol. The molecule has 1 N–H and O–H groups in total. The van der Waals surface area contributed by atoms with Gasteiger partial charge in [-0.15, -0.1) is 0 Å². The SMILES string of the molecule is CCCCOC(=O)c1cccc(NC(=O)/C=C/c2ccc(OCc3c(Cl)cccc3Cl)c(OC)c2)c1. The maximum absolute atomic E-state index is 12.4. The fourth-order valence-corrected chi connectivity index (χ4v) is 3.71. The summed E-state index contributed by atoms with van der Waals surface area (Å²) >= 11 is 12.4. The van der Waals surface area contributed by atoms with Crippen LogP contribution in [0.25, 0.3) is 6.08 Å². The third-order valence-corrected chi connectivity index (χ3v) is 5.85. The maximum atomic E-state index is 12.4. The number of benzene rings is 3. The molecule has 0 unspecified atom stereocenters. The van der Waals surface area contributed by atoms with Crippen molar-refractivity contribution in [3.63, 3.8) is 0 Å². The van der Waals surface area contributed by atoms with Crippen molar-refractivity contribution in [3.8, 4) is 11.5 Å². The van der Waals surface area contributed by atoms with Crippen LogP contribution in [-0.2, 0) is 16.1 Å². The average Bonchev–Trinajstić information content (AvgIpc) is 2.87. The Balaban J connectivity index is 1.62. The summed E-state index contributed by atoms with van der Waals surface area (Å²) in [5.74, 6) is 0.244. The van der Waals surface area contributed by atoms with E-state index in [9.17, 15) is 9.59 Å². The molecule has 0 aliphatic heterocycles. The van der Waals surface area contributed by atoms with Crippen LogP contribution in [-0.4, -0.2) is 25.6 Å². The summed E-state index contributed by atoms with van der Waals surface area (Å²) in [5.41, 5.74) is 2.29. The molecule has 8 heteroatoms. The maximum Gasteiger partial charge on any atom is 0.338 e. The van der Waals surface area contributed by atoms with Gasteiger partial charge in [-0.05, 0) is 60.5 Å². The van der Waals surface area contributed by atoms with Crippen LogP contribution in [0.4, 0.5) is 5.69 Å². The van der Waals surface area contributed by atoms with E-state index in [-0.39, 0.29) is 12.5 Å². The number of amides is 1. The molecular weight excluding hydrogens is 501 g/mol. The van der Waals surface area contributed by atoms with Gasteiger partial charge in [-0.2, -0.15) is 0 Å². The number of unbranched alkanes of at least 4 members (excludes halogenated alkanes) is 1. The van der Waals surface area contributed by atoms with E-state index in [1.807, 2.05) is 6.92 Å². The zero-order chi connectivity index (χ0) is 25.9. The minimum Gasteiger partial charge on any atom is -0.493 e. The van der Waals surface area contributed by atoms with Crippen LogP contribution in [0.3, 0.4) is 0 Å². The second kappa shape index (κ2) is 13.6. The van der Waals surface area contributed by atoms with Crippen molar-refractivity contribution in [3.05, 3.63) is 93.5 Å². The van der Waals surface area contributed by atoms with Crippen molar-refractivity contribution in [2.45, 2.75) is 26.4 Å². The lowest BCUT2D eigenvalue weighted by atomic mass is 10.1. The number of hydrogen-bond donors (Lipinski definition) is 1. The standard InChI is InChI=1S/C28H27Cl2NO5/c1-3-4-15-35-28(33)20-7-5-8-21(17-20)31-27(32)14-12-19-11-13-25(26(16-19)34-2)36-18-22-23(29)9-6-10-24(22)30/h5-14,16-17H,3-4,15,18H2,1-2H3,(H,31,32)/b14-12+. The molecule has 0 aliphatic rings. The molecule has 0 saturated heterocycles. The molecule has 1 amide bonds. The number of nitrogens with one attached hydrogen (secondary N) is 1. The van der Waals surface area contributed by atoms with E-state index in [0.717, 1.165) is 18.4 Å². The summed E-state index contributed by atoms with van der Waals surface area (Å²) in [7, 11) is 1.53. The van der Waals surface area contributed by atoms with Gasteiger partial charge in [-0.1, -0.05) is 54.7 Å². The van der Waals surface area contributed by atoms with E-state index >= 15 is 0 Å². The first-order valence-electron chi connectivity index (χ1n) is 11.4. The molecule has 0 saturated carbocycles. The summed E-state index contributed by atoms with van der Waals surface area (Å²) in [6.07, 6.45) is 4.79. The third kappa shape index (κ3) is 7.77. The Morgan fingerprint density at radius 2 is 1.72 bits per heavy atom. The predicted octanol–water partition coefficient (Wildman–Crippen LogP) is 7.19. The summed E-state index contributed by atoms with van der Waals surface area (Å²) in [6.45, 7) is 2.57. The van der Waals surface area contributed by atoms with Crippen molar-refractivity contribution >= 4 is 46.8 Å². The Kier molecular flexibility index (Phi) is 10.2. The van der Waals surface area contributed by atoms with E-state index < -0.39 is 5.97 Å². The summed E-state index contributed by atoms with van der Waals surface area (Å²) < 4.78 is 16.5. The Morgan fingerprint density at radius 1 is 0.972 bits per heavy atom. The highest BCUT2D eigenvalue weighted by atomic mass is 35.5. The van der Waals surface area contributed by atoms with E-state index in [1.54, 1.807) is 66.7 Å². The van der Waals surface area contributed by atoms with E-state index in [4.69, 9.17) is 37.4 Å². The number of carbonyl (C=O) groups is 2.